The average molecular weight is 331 g/mol. The number of amides is 1. The van der Waals surface area contributed by atoms with Crippen LogP contribution in [0.25, 0.3) is 0 Å². The van der Waals surface area contributed by atoms with E-state index in [9.17, 15) is 9.59 Å². The molecule has 0 saturated carbocycles. The lowest BCUT2D eigenvalue weighted by atomic mass is 10.2. The minimum atomic E-state index is -1.05. The zero-order valence-corrected chi connectivity index (χ0v) is 13.1. The second-order valence-electron chi connectivity index (χ2n) is 4.63. The Bertz CT molecular complexity index is 720. The Morgan fingerprint density at radius 2 is 1.46 bits per heavy atom. The molecule has 0 radical (unpaired) electrons. The number of carboxylic acid groups (broad SMARTS) is 2. The molecule has 2 aromatic carbocycles. The maximum absolute atomic E-state index is 11.1. The van der Waals surface area contributed by atoms with Crippen molar-refractivity contribution in [3.63, 3.8) is 0 Å². The summed E-state index contributed by atoms with van der Waals surface area (Å²) in [7, 11) is 0. The number of carbonyl (C=O) groups excluding carboxylic acids is 1. The van der Waals surface area contributed by atoms with Gasteiger partial charge in [0.25, 0.3) is 5.97 Å². The van der Waals surface area contributed by atoms with Gasteiger partial charge in [-0.1, -0.05) is 12.1 Å². The standard InChI is InChI=1S/C15H13NO4.C2H4O2/c1-10(17)16-11-6-8-12(9-7-11)20-14-5-3-2-4-13(14)15(18)19;1-2(3)4/h2-9H,1H3,(H,16,17)(H,18,19);1H3,(H,3,4). The van der Waals surface area contributed by atoms with Crippen molar-refractivity contribution < 1.29 is 29.3 Å². The first-order chi connectivity index (χ1) is 11.3. The van der Waals surface area contributed by atoms with Gasteiger partial charge in [0.2, 0.25) is 5.91 Å². The van der Waals surface area contributed by atoms with Crippen molar-refractivity contribution in [2.75, 3.05) is 5.32 Å². The van der Waals surface area contributed by atoms with Gasteiger partial charge in [-0.25, -0.2) is 4.79 Å². The van der Waals surface area contributed by atoms with Crippen molar-refractivity contribution in [2.24, 2.45) is 0 Å². The summed E-state index contributed by atoms with van der Waals surface area (Å²) < 4.78 is 5.54. The molecule has 1 amide bonds. The number of carbonyl (C=O) groups is 3. The molecule has 0 atom stereocenters. The van der Waals surface area contributed by atoms with Crippen LogP contribution in [-0.2, 0) is 9.59 Å². The third-order valence-electron chi connectivity index (χ3n) is 2.52. The van der Waals surface area contributed by atoms with Gasteiger partial charge in [-0.05, 0) is 36.4 Å². The molecule has 3 N–H and O–H groups in total. The smallest absolute Gasteiger partial charge is 0.339 e. The van der Waals surface area contributed by atoms with Crippen LogP contribution >= 0.6 is 0 Å². The first-order valence-corrected chi connectivity index (χ1v) is 6.87. The molecular formula is C17H17NO6. The second-order valence-corrected chi connectivity index (χ2v) is 4.63. The molecule has 0 bridgehead atoms. The number of benzene rings is 2. The quantitative estimate of drug-likeness (QED) is 0.793. The van der Waals surface area contributed by atoms with Crippen molar-refractivity contribution in [1.29, 1.82) is 0 Å². The molecule has 0 unspecified atom stereocenters. The van der Waals surface area contributed by atoms with Crippen LogP contribution in [0.4, 0.5) is 5.69 Å². The summed E-state index contributed by atoms with van der Waals surface area (Å²) in [6, 6.07) is 13.1. The van der Waals surface area contributed by atoms with Gasteiger partial charge in [-0.2, -0.15) is 0 Å². The van der Waals surface area contributed by atoms with Crippen molar-refractivity contribution in [3.05, 3.63) is 54.1 Å². The lowest BCUT2D eigenvalue weighted by molar-refractivity contribution is -0.134. The Kier molecular flexibility index (Phi) is 6.97. The van der Waals surface area contributed by atoms with E-state index in [1.165, 1.54) is 13.0 Å². The number of anilines is 1. The summed E-state index contributed by atoms with van der Waals surface area (Å²) in [5.41, 5.74) is 0.745. The van der Waals surface area contributed by atoms with E-state index in [1.54, 1.807) is 42.5 Å². The number of rotatable bonds is 4. The largest absolute Gasteiger partial charge is 0.481 e. The highest BCUT2D eigenvalue weighted by Crippen LogP contribution is 2.26. The van der Waals surface area contributed by atoms with Crippen LogP contribution in [0.15, 0.2) is 48.5 Å². The van der Waals surface area contributed by atoms with E-state index in [-0.39, 0.29) is 17.2 Å². The number of aliphatic carboxylic acids is 1. The van der Waals surface area contributed by atoms with Gasteiger partial charge in [-0.15, -0.1) is 0 Å². The lowest BCUT2D eigenvalue weighted by Gasteiger charge is -2.09. The van der Waals surface area contributed by atoms with E-state index in [0.29, 0.717) is 11.4 Å². The van der Waals surface area contributed by atoms with Crippen molar-refractivity contribution >= 4 is 23.5 Å². The zero-order chi connectivity index (χ0) is 18.1. The zero-order valence-electron chi connectivity index (χ0n) is 13.1. The van der Waals surface area contributed by atoms with Crippen molar-refractivity contribution in [3.8, 4) is 11.5 Å². The summed E-state index contributed by atoms with van der Waals surface area (Å²) in [6.07, 6.45) is 0. The molecule has 0 aromatic heterocycles. The molecule has 0 saturated heterocycles. The van der Waals surface area contributed by atoms with E-state index in [0.717, 1.165) is 6.92 Å². The van der Waals surface area contributed by atoms with E-state index in [4.69, 9.17) is 19.7 Å². The lowest BCUT2D eigenvalue weighted by Crippen LogP contribution is -2.05. The molecule has 0 spiro atoms. The first-order valence-electron chi connectivity index (χ1n) is 6.87. The third kappa shape index (κ3) is 6.61. The van der Waals surface area contributed by atoms with E-state index in [2.05, 4.69) is 5.32 Å². The molecule has 0 aliphatic heterocycles. The molecule has 0 fully saturated rings. The molecule has 24 heavy (non-hydrogen) atoms. The van der Waals surface area contributed by atoms with Gasteiger partial charge >= 0.3 is 5.97 Å². The molecule has 2 aromatic rings. The molecule has 7 nitrogen and oxygen atoms in total. The van der Waals surface area contributed by atoms with Crippen LogP contribution in [0, 0.1) is 0 Å². The number of hydrogen-bond acceptors (Lipinski definition) is 4. The summed E-state index contributed by atoms with van der Waals surface area (Å²) >= 11 is 0. The Morgan fingerprint density at radius 1 is 0.917 bits per heavy atom. The summed E-state index contributed by atoms with van der Waals surface area (Å²) in [5, 5.41) is 19.1. The molecule has 0 aliphatic carbocycles. The number of ether oxygens (including phenoxy) is 1. The SMILES string of the molecule is CC(=O)Nc1ccc(Oc2ccccc2C(=O)O)cc1.CC(=O)O. The van der Waals surface area contributed by atoms with E-state index < -0.39 is 11.9 Å². The van der Waals surface area contributed by atoms with Gasteiger partial charge in [0.1, 0.15) is 17.1 Å². The van der Waals surface area contributed by atoms with Crippen LogP contribution < -0.4 is 10.1 Å². The Morgan fingerprint density at radius 3 is 1.96 bits per heavy atom. The maximum atomic E-state index is 11.1. The highest BCUT2D eigenvalue weighted by atomic mass is 16.5. The Labute approximate surface area is 138 Å². The Hall–Kier alpha value is -3.35. The third-order valence-corrected chi connectivity index (χ3v) is 2.52. The molecule has 0 heterocycles. The average Bonchev–Trinajstić information content (AvgIpc) is 2.48. The monoisotopic (exact) mass is 331 g/mol. The minimum Gasteiger partial charge on any atom is -0.481 e. The van der Waals surface area contributed by atoms with Gasteiger partial charge in [0, 0.05) is 19.5 Å². The number of para-hydroxylation sites is 1. The number of carboxylic acids is 2. The number of nitrogens with one attached hydrogen (secondary N) is 1. The highest BCUT2D eigenvalue weighted by molar-refractivity contribution is 5.91. The van der Waals surface area contributed by atoms with Gasteiger partial charge < -0.3 is 20.3 Å². The van der Waals surface area contributed by atoms with Crippen molar-refractivity contribution in [1.82, 2.24) is 0 Å². The molecule has 0 aliphatic rings. The first kappa shape index (κ1) is 18.7. The summed E-state index contributed by atoms with van der Waals surface area (Å²) in [4.78, 5) is 31.0. The molecule has 2 rings (SSSR count). The fourth-order valence-corrected chi connectivity index (χ4v) is 1.67. The molecular weight excluding hydrogens is 314 g/mol. The Balaban J connectivity index is 0.000000648. The van der Waals surface area contributed by atoms with Crippen LogP contribution in [0.2, 0.25) is 0 Å². The summed E-state index contributed by atoms with van der Waals surface area (Å²) in [6.45, 7) is 2.51. The molecule has 7 heteroatoms. The molecule has 126 valence electrons. The number of hydrogen-bond donors (Lipinski definition) is 3. The van der Waals surface area contributed by atoms with Gasteiger partial charge in [0.05, 0.1) is 0 Å². The van der Waals surface area contributed by atoms with Gasteiger partial charge in [0.15, 0.2) is 0 Å². The van der Waals surface area contributed by atoms with Crippen LogP contribution in [0.3, 0.4) is 0 Å². The van der Waals surface area contributed by atoms with E-state index in [1.807, 2.05) is 0 Å². The maximum Gasteiger partial charge on any atom is 0.339 e. The topological polar surface area (TPSA) is 113 Å². The van der Waals surface area contributed by atoms with E-state index >= 15 is 0 Å². The normalized spacial score (nSPS) is 9.25. The summed E-state index contributed by atoms with van der Waals surface area (Å²) in [5.74, 6) is -1.27. The predicted molar refractivity (Wildman–Crippen MR) is 87.5 cm³/mol. The van der Waals surface area contributed by atoms with Crippen LogP contribution in [0.5, 0.6) is 11.5 Å². The van der Waals surface area contributed by atoms with Gasteiger partial charge in [-0.3, -0.25) is 9.59 Å². The fraction of sp³-hybridized carbons (Fsp3) is 0.118. The van der Waals surface area contributed by atoms with Crippen molar-refractivity contribution in [2.45, 2.75) is 13.8 Å². The number of aromatic carboxylic acids is 1. The second kappa shape index (κ2) is 8.94. The predicted octanol–water partition coefficient (Wildman–Crippen LogP) is 3.23. The fourth-order valence-electron chi connectivity index (χ4n) is 1.67. The van der Waals surface area contributed by atoms with Crippen LogP contribution in [-0.4, -0.2) is 28.1 Å². The van der Waals surface area contributed by atoms with Crippen LogP contribution in [0.1, 0.15) is 24.2 Å². The highest BCUT2D eigenvalue weighted by Gasteiger charge is 2.10. The minimum absolute atomic E-state index is 0.0958.